The Labute approximate surface area is 201 Å². The summed E-state index contributed by atoms with van der Waals surface area (Å²) in [5.74, 6) is -0.823. The van der Waals surface area contributed by atoms with Crippen LogP contribution in [0.15, 0.2) is 12.1 Å². The van der Waals surface area contributed by atoms with Gasteiger partial charge in [-0.25, -0.2) is 9.59 Å². The molecule has 2 saturated carbocycles. The largest absolute Gasteiger partial charge is 0.478 e. The van der Waals surface area contributed by atoms with Gasteiger partial charge in [-0.3, -0.25) is 0 Å². The van der Waals surface area contributed by atoms with E-state index in [1.54, 1.807) is 0 Å². The second-order valence-electron chi connectivity index (χ2n) is 9.75. The first-order valence-electron chi connectivity index (χ1n) is 12.2. The monoisotopic (exact) mass is 478 g/mol. The van der Waals surface area contributed by atoms with E-state index in [1.807, 2.05) is 29.6 Å². The first kappa shape index (κ1) is 25.5. The number of aromatic carboxylic acids is 2. The van der Waals surface area contributed by atoms with Crippen LogP contribution in [0.3, 0.4) is 0 Å². The molecule has 1 aromatic carbocycles. The molecule has 2 aliphatic rings. The number of thioether (sulfide) groups is 2. The summed E-state index contributed by atoms with van der Waals surface area (Å²) in [4.78, 5) is 24.4. The fraction of sp³-hybridized carbons (Fsp3) is 0.692. The van der Waals surface area contributed by atoms with Gasteiger partial charge in [-0.2, -0.15) is 23.5 Å². The SMILES string of the molecule is CCC(SC1CCC(C)C1)c1ccc(C(=O)O)c(C(=O)O)c1C(CC)SC1CCC(C)C1. The predicted octanol–water partition coefficient (Wildman–Crippen LogP) is 7.83. The van der Waals surface area contributed by atoms with Crippen LogP contribution in [0.1, 0.15) is 121 Å². The molecule has 0 amide bonds. The predicted molar refractivity (Wildman–Crippen MR) is 135 cm³/mol. The Kier molecular flexibility index (Phi) is 9.02. The Morgan fingerprint density at radius 3 is 1.81 bits per heavy atom. The van der Waals surface area contributed by atoms with Crippen molar-refractivity contribution < 1.29 is 19.8 Å². The molecule has 4 nitrogen and oxygen atoms in total. The number of hydrogen-bond donors (Lipinski definition) is 2. The molecule has 0 saturated heterocycles. The lowest BCUT2D eigenvalue weighted by molar-refractivity contribution is 0.0650. The van der Waals surface area contributed by atoms with Crippen LogP contribution >= 0.6 is 23.5 Å². The number of rotatable bonds is 10. The Bertz CT molecular complexity index is 824. The maximum Gasteiger partial charge on any atom is 0.336 e. The summed E-state index contributed by atoms with van der Waals surface area (Å²) in [7, 11) is 0. The zero-order valence-electron chi connectivity index (χ0n) is 19.8. The van der Waals surface area contributed by atoms with Crippen LogP contribution in [-0.2, 0) is 0 Å². The number of benzene rings is 1. The van der Waals surface area contributed by atoms with Gasteiger partial charge in [-0.15, -0.1) is 0 Å². The second-order valence-corrected chi connectivity index (χ2v) is 12.8. The van der Waals surface area contributed by atoms with Gasteiger partial charge in [0, 0.05) is 21.0 Å². The summed E-state index contributed by atoms with van der Waals surface area (Å²) in [6, 6.07) is 3.45. The highest BCUT2D eigenvalue weighted by Crippen LogP contribution is 2.50. The van der Waals surface area contributed by atoms with E-state index in [9.17, 15) is 19.8 Å². The summed E-state index contributed by atoms with van der Waals surface area (Å²) < 4.78 is 0. The van der Waals surface area contributed by atoms with Crippen molar-refractivity contribution in [1.29, 1.82) is 0 Å². The molecule has 178 valence electrons. The van der Waals surface area contributed by atoms with Crippen molar-refractivity contribution >= 4 is 35.5 Å². The lowest BCUT2D eigenvalue weighted by Gasteiger charge is -2.29. The van der Waals surface area contributed by atoms with E-state index in [0.717, 1.165) is 42.7 Å². The average molecular weight is 479 g/mol. The molecule has 2 N–H and O–H groups in total. The number of carboxylic acids is 2. The van der Waals surface area contributed by atoms with Gasteiger partial charge in [0.1, 0.15) is 0 Å². The maximum absolute atomic E-state index is 12.4. The van der Waals surface area contributed by atoms with E-state index in [-0.39, 0.29) is 21.6 Å². The Morgan fingerprint density at radius 1 is 0.875 bits per heavy atom. The van der Waals surface area contributed by atoms with Crippen LogP contribution < -0.4 is 0 Å². The third-order valence-electron chi connectivity index (χ3n) is 7.14. The summed E-state index contributed by atoms with van der Waals surface area (Å²) >= 11 is 3.86. The third kappa shape index (κ3) is 5.85. The highest BCUT2D eigenvalue weighted by atomic mass is 32.2. The van der Waals surface area contributed by atoms with E-state index < -0.39 is 11.9 Å². The molecule has 3 rings (SSSR count). The number of carbonyl (C=O) groups is 2. The molecular formula is C26H38O4S2. The molecule has 0 heterocycles. The van der Waals surface area contributed by atoms with Crippen molar-refractivity contribution in [3.05, 3.63) is 34.4 Å². The summed E-state index contributed by atoms with van der Waals surface area (Å²) in [5.41, 5.74) is 1.75. The molecule has 0 aromatic heterocycles. The topological polar surface area (TPSA) is 74.6 Å². The minimum absolute atomic E-state index is 0.00264. The van der Waals surface area contributed by atoms with Crippen molar-refractivity contribution in [2.45, 2.75) is 100 Å². The molecule has 0 bridgehead atoms. The summed E-state index contributed by atoms with van der Waals surface area (Å²) in [6.07, 6.45) is 8.92. The fourth-order valence-corrected chi connectivity index (χ4v) is 8.93. The van der Waals surface area contributed by atoms with Crippen LogP contribution in [0.4, 0.5) is 0 Å². The van der Waals surface area contributed by atoms with Gasteiger partial charge in [0.25, 0.3) is 0 Å². The zero-order valence-corrected chi connectivity index (χ0v) is 21.4. The molecule has 0 spiro atoms. The molecular weight excluding hydrogens is 440 g/mol. The first-order valence-corrected chi connectivity index (χ1v) is 14.1. The van der Waals surface area contributed by atoms with Crippen LogP contribution in [0, 0.1) is 11.8 Å². The lowest BCUT2D eigenvalue weighted by Crippen LogP contribution is -2.18. The van der Waals surface area contributed by atoms with Crippen LogP contribution in [0.5, 0.6) is 0 Å². The van der Waals surface area contributed by atoms with Gasteiger partial charge < -0.3 is 10.2 Å². The maximum atomic E-state index is 12.4. The third-order valence-corrected chi connectivity index (χ3v) is 10.6. The molecule has 1 aromatic rings. The lowest BCUT2D eigenvalue weighted by atomic mass is 9.90. The van der Waals surface area contributed by atoms with E-state index in [2.05, 4.69) is 27.7 Å². The van der Waals surface area contributed by atoms with Gasteiger partial charge in [0.05, 0.1) is 11.1 Å². The summed E-state index contributed by atoms with van der Waals surface area (Å²) in [5, 5.41) is 21.3. The fourth-order valence-electron chi connectivity index (χ4n) is 5.45. The second kappa shape index (κ2) is 11.3. The van der Waals surface area contributed by atoms with Crippen LogP contribution in [0.25, 0.3) is 0 Å². The molecule has 2 fully saturated rings. The highest BCUT2D eigenvalue weighted by molar-refractivity contribution is 8.00. The molecule has 2 aliphatic carbocycles. The Balaban J connectivity index is 2.05. The molecule has 6 atom stereocenters. The standard InChI is InChI=1S/C26H38O4S2/c1-5-21(31-17-9-7-15(3)13-17)19-11-12-20(25(27)28)24(26(29)30)23(19)22(6-2)32-18-10-8-16(4)14-18/h11-12,15-18,21-22H,5-10,13-14H2,1-4H3,(H,27,28)(H,29,30). The Hall–Kier alpha value is -1.14. The van der Waals surface area contributed by atoms with Crippen molar-refractivity contribution in [3.63, 3.8) is 0 Å². The summed E-state index contributed by atoms with van der Waals surface area (Å²) in [6.45, 7) is 8.86. The van der Waals surface area contributed by atoms with Crippen molar-refractivity contribution in [2.24, 2.45) is 11.8 Å². The zero-order chi connectivity index (χ0) is 23.4. The minimum atomic E-state index is -1.16. The van der Waals surface area contributed by atoms with Gasteiger partial charge >= 0.3 is 11.9 Å². The van der Waals surface area contributed by atoms with E-state index in [0.29, 0.717) is 16.4 Å². The van der Waals surface area contributed by atoms with Crippen molar-refractivity contribution in [3.8, 4) is 0 Å². The minimum Gasteiger partial charge on any atom is -0.478 e. The first-order chi connectivity index (χ1) is 15.2. The van der Waals surface area contributed by atoms with E-state index in [4.69, 9.17) is 0 Å². The Morgan fingerprint density at radius 2 is 1.41 bits per heavy atom. The van der Waals surface area contributed by atoms with Crippen LogP contribution in [0.2, 0.25) is 0 Å². The average Bonchev–Trinajstić information content (AvgIpc) is 3.36. The molecule has 32 heavy (non-hydrogen) atoms. The van der Waals surface area contributed by atoms with Crippen LogP contribution in [-0.4, -0.2) is 32.7 Å². The van der Waals surface area contributed by atoms with Gasteiger partial charge in [0.15, 0.2) is 0 Å². The smallest absolute Gasteiger partial charge is 0.336 e. The van der Waals surface area contributed by atoms with Gasteiger partial charge in [-0.1, -0.05) is 33.8 Å². The molecule has 0 aliphatic heterocycles. The van der Waals surface area contributed by atoms with E-state index in [1.165, 1.54) is 31.7 Å². The quantitative estimate of drug-likeness (QED) is 0.357. The van der Waals surface area contributed by atoms with E-state index >= 15 is 0 Å². The normalized spacial score (nSPS) is 27.4. The van der Waals surface area contributed by atoms with Gasteiger partial charge in [0.2, 0.25) is 0 Å². The van der Waals surface area contributed by atoms with Crippen molar-refractivity contribution in [2.75, 3.05) is 0 Å². The van der Waals surface area contributed by atoms with Crippen molar-refractivity contribution in [1.82, 2.24) is 0 Å². The highest BCUT2D eigenvalue weighted by Gasteiger charge is 2.34. The molecule has 6 heteroatoms. The molecule has 6 unspecified atom stereocenters. The molecule has 0 radical (unpaired) electrons. The van der Waals surface area contributed by atoms with Gasteiger partial charge in [-0.05, 0) is 80.4 Å². The number of carboxylic acid groups (broad SMARTS) is 2. The number of hydrogen-bond acceptors (Lipinski definition) is 4.